The maximum atomic E-state index is 5.10. The minimum Gasteiger partial charge on any atom is -0.356 e. The Hall–Kier alpha value is -0.350. The van der Waals surface area contributed by atoms with Crippen molar-refractivity contribution in [2.45, 2.75) is 6.92 Å². The van der Waals surface area contributed by atoms with Crippen LogP contribution in [0.2, 0.25) is 0 Å². The highest BCUT2D eigenvalue weighted by molar-refractivity contribution is 9.11. The Bertz CT molecular complexity index is 436. The lowest BCUT2D eigenvalue weighted by Crippen LogP contribution is -1.73. The van der Waals surface area contributed by atoms with E-state index in [4.69, 9.17) is 4.52 Å². The maximum absolute atomic E-state index is 5.10. The first-order valence-electron chi connectivity index (χ1n) is 3.39. The van der Waals surface area contributed by atoms with Crippen LogP contribution in [-0.4, -0.2) is 5.16 Å². The number of aryl methyl sites for hydroxylation is 1. The van der Waals surface area contributed by atoms with E-state index in [1.807, 2.05) is 19.1 Å². The second kappa shape index (κ2) is 2.85. The second-order valence-corrected chi connectivity index (χ2v) is 4.30. The Kier molecular flexibility index (Phi) is 1.96. The summed E-state index contributed by atoms with van der Waals surface area (Å²) in [6, 6.07) is 3.88. The van der Waals surface area contributed by atoms with Crippen molar-refractivity contribution in [2.24, 2.45) is 0 Å². The fourth-order valence-electron chi connectivity index (χ4n) is 1.14. The van der Waals surface area contributed by atoms with Gasteiger partial charge in [0.15, 0.2) is 5.58 Å². The van der Waals surface area contributed by atoms with E-state index in [9.17, 15) is 0 Å². The predicted octanol–water partition coefficient (Wildman–Crippen LogP) is 3.66. The van der Waals surface area contributed by atoms with Crippen molar-refractivity contribution in [2.75, 3.05) is 0 Å². The molecule has 0 fully saturated rings. The van der Waals surface area contributed by atoms with Gasteiger partial charge < -0.3 is 4.52 Å². The number of hydrogen-bond donors (Lipinski definition) is 0. The van der Waals surface area contributed by atoms with Gasteiger partial charge in [0, 0.05) is 8.95 Å². The van der Waals surface area contributed by atoms with Gasteiger partial charge in [0.25, 0.3) is 0 Å². The molecule has 0 amide bonds. The summed E-state index contributed by atoms with van der Waals surface area (Å²) in [6.07, 6.45) is 0. The van der Waals surface area contributed by atoms with E-state index in [0.717, 1.165) is 25.6 Å². The molecule has 0 aliphatic heterocycles. The first-order chi connectivity index (χ1) is 5.68. The molecule has 1 aromatic carbocycles. The third-order valence-corrected chi connectivity index (χ3v) is 2.74. The molecule has 0 spiro atoms. The van der Waals surface area contributed by atoms with E-state index in [1.165, 1.54) is 0 Å². The maximum Gasteiger partial charge on any atom is 0.169 e. The van der Waals surface area contributed by atoms with E-state index < -0.39 is 0 Å². The van der Waals surface area contributed by atoms with Gasteiger partial charge in [-0.3, -0.25) is 0 Å². The molecule has 0 radical (unpaired) electrons. The monoisotopic (exact) mass is 289 g/mol. The highest BCUT2D eigenvalue weighted by atomic mass is 79.9. The molecule has 0 atom stereocenters. The Labute approximate surface area is 86.2 Å². The Balaban J connectivity index is 2.93. The molecule has 2 nitrogen and oxygen atoms in total. The van der Waals surface area contributed by atoms with Crippen LogP contribution >= 0.6 is 31.9 Å². The zero-order valence-electron chi connectivity index (χ0n) is 6.27. The summed E-state index contributed by atoms with van der Waals surface area (Å²) in [6.45, 7) is 1.92. The molecule has 0 unspecified atom stereocenters. The van der Waals surface area contributed by atoms with E-state index in [-0.39, 0.29) is 0 Å². The quantitative estimate of drug-likeness (QED) is 0.740. The van der Waals surface area contributed by atoms with E-state index in [0.29, 0.717) is 0 Å². The summed E-state index contributed by atoms with van der Waals surface area (Å²) in [5, 5.41) is 4.91. The second-order valence-electron chi connectivity index (χ2n) is 2.53. The summed E-state index contributed by atoms with van der Waals surface area (Å²) in [5.74, 6) is 0. The zero-order valence-corrected chi connectivity index (χ0v) is 9.44. The molecule has 4 heteroatoms. The van der Waals surface area contributed by atoms with Gasteiger partial charge in [0.05, 0.1) is 11.1 Å². The summed E-state index contributed by atoms with van der Waals surface area (Å²) in [5.41, 5.74) is 1.71. The lowest BCUT2D eigenvalue weighted by molar-refractivity contribution is 0.450. The van der Waals surface area contributed by atoms with Crippen LogP contribution in [0, 0.1) is 6.92 Å². The van der Waals surface area contributed by atoms with Crippen LogP contribution in [-0.2, 0) is 0 Å². The van der Waals surface area contributed by atoms with E-state index in [1.54, 1.807) is 0 Å². The number of benzene rings is 1. The summed E-state index contributed by atoms with van der Waals surface area (Å²) in [7, 11) is 0. The number of rotatable bonds is 0. The summed E-state index contributed by atoms with van der Waals surface area (Å²) < 4.78 is 7.09. The molecule has 2 rings (SSSR count). The Morgan fingerprint density at radius 2 is 2.08 bits per heavy atom. The SMILES string of the molecule is Cc1noc2cc(Br)cc(Br)c12. The van der Waals surface area contributed by atoms with Gasteiger partial charge in [-0.2, -0.15) is 0 Å². The lowest BCUT2D eigenvalue weighted by Gasteiger charge is -1.93. The van der Waals surface area contributed by atoms with Crippen molar-refractivity contribution in [1.82, 2.24) is 5.16 Å². The van der Waals surface area contributed by atoms with E-state index >= 15 is 0 Å². The largest absolute Gasteiger partial charge is 0.356 e. The molecular weight excluding hydrogens is 286 g/mol. The molecule has 0 N–H and O–H groups in total. The first kappa shape index (κ1) is 8.26. The molecule has 2 aromatic rings. The van der Waals surface area contributed by atoms with Crippen LogP contribution in [0.1, 0.15) is 5.69 Å². The lowest BCUT2D eigenvalue weighted by atomic mass is 10.2. The molecule has 1 aromatic heterocycles. The van der Waals surface area contributed by atoms with Gasteiger partial charge in [-0.1, -0.05) is 21.1 Å². The molecular formula is C8H5Br2NO. The Morgan fingerprint density at radius 1 is 1.33 bits per heavy atom. The minimum absolute atomic E-state index is 0.800. The average Bonchev–Trinajstić information content (AvgIpc) is 2.31. The van der Waals surface area contributed by atoms with Gasteiger partial charge >= 0.3 is 0 Å². The van der Waals surface area contributed by atoms with Crippen molar-refractivity contribution < 1.29 is 4.52 Å². The summed E-state index contributed by atoms with van der Waals surface area (Å²) in [4.78, 5) is 0. The molecule has 0 aliphatic rings. The highest BCUT2D eigenvalue weighted by Crippen LogP contribution is 2.30. The first-order valence-corrected chi connectivity index (χ1v) is 4.98. The number of aromatic nitrogens is 1. The number of nitrogens with zero attached hydrogens (tertiary/aromatic N) is 1. The van der Waals surface area contributed by atoms with Gasteiger partial charge in [0.2, 0.25) is 0 Å². The molecule has 0 aliphatic carbocycles. The normalized spacial score (nSPS) is 10.9. The molecule has 0 saturated carbocycles. The van der Waals surface area contributed by atoms with Gasteiger partial charge in [-0.05, 0) is 35.0 Å². The highest BCUT2D eigenvalue weighted by Gasteiger charge is 2.08. The van der Waals surface area contributed by atoms with Gasteiger partial charge in [-0.15, -0.1) is 0 Å². The molecule has 0 saturated heterocycles. The average molecular weight is 291 g/mol. The van der Waals surface area contributed by atoms with Crippen LogP contribution in [0.5, 0.6) is 0 Å². The van der Waals surface area contributed by atoms with Crippen molar-refractivity contribution in [3.8, 4) is 0 Å². The van der Waals surface area contributed by atoms with Crippen molar-refractivity contribution in [1.29, 1.82) is 0 Å². The van der Waals surface area contributed by atoms with Crippen molar-refractivity contribution >= 4 is 42.8 Å². The fraction of sp³-hybridized carbons (Fsp3) is 0.125. The number of halogens is 2. The fourth-order valence-corrected chi connectivity index (χ4v) is 2.61. The molecule has 0 bridgehead atoms. The molecule has 1 heterocycles. The van der Waals surface area contributed by atoms with Crippen molar-refractivity contribution in [3.63, 3.8) is 0 Å². The topological polar surface area (TPSA) is 26.0 Å². The Morgan fingerprint density at radius 3 is 2.83 bits per heavy atom. The third-order valence-electron chi connectivity index (χ3n) is 1.66. The molecule has 12 heavy (non-hydrogen) atoms. The standard InChI is InChI=1S/C8H5Br2NO/c1-4-8-6(10)2-5(9)3-7(8)12-11-4/h2-3H,1H3. The van der Waals surface area contributed by atoms with Crippen LogP contribution in [0.4, 0.5) is 0 Å². The number of hydrogen-bond acceptors (Lipinski definition) is 2. The van der Waals surface area contributed by atoms with E-state index in [2.05, 4.69) is 37.0 Å². The number of fused-ring (bicyclic) bond motifs is 1. The van der Waals surface area contributed by atoms with Crippen LogP contribution in [0.25, 0.3) is 11.0 Å². The van der Waals surface area contributed by atoms with Crippen LogP contribution < -0.4 is 0 Å². The minimum atomic E-state index is 0.800. The van der Waals surface area contributed by atoms with Gasteiger partial charge in [-0.25, -0.2) is 0 Å². The molecule has 62 valence electrons. The third kappa shape index (κ3) is 1.19. The summed E-state index contributed by atoms with van der Waals surface area (Å²) >= 11 is 6.82. The van der Waals surface area contributed by atoms with Crippen LogP contribution in [0.3, 0.4) is 0 Å². The van der Waals surface area contributed by atoms with Gasteiger partial charge in [0.1, 0.15) is 0 Å². The smallest absolute Gasteiger partial charge is 0.169 e. The van der Waals surface area contributed by atoms with Crippen LogP contribution in [0.15, 0.2) is 25.6 Å². The predicted molar refractivity (Wildman–Crippen MR) is 54.1 cm³/mol. The zero-order chi connectivity index (χ0) is 8.72. The van der Waals surface area contributed by atoms with Crippen molar-refractivity contribution in [3.05, 3.63) is 26.8 Å².